The van der Waals surface area contributed by atoms with Crippen molar-refractivity contribution in [3.63, 3.8) is 0 Å². The number of hydrogen-bond donors (Lipinski definition) is 1. The highest BCUT2D eigenvalue weighted by molar-refractivity contribution is 9.10. The molecule has 1 aliphatic heterocycles. The first-order valence-electron chi connectivity index (χ1n) is 6.59. The van der Waals surface area contributed by atoms with E-state index in [9.17, 15) is 0 Å². The number of nitrogens with one attached hydrogen (secondary N) is 1. The van der Waals surface area contributed by atoms with Gasteiger partial charge >= 0.3 is 0 Å². The van der Waals surface area contributed by atoms with E-state index in [0.29, 0.717) is 13.2 Å². The molecule has 0 saturated heterocycles. The van der Waals surface area contributed by atoms with E-state index in [1.165, 1.54) is 10.4 Å². The van der Waals surface area contributed by atoms with Gasteiger partial charge in [0, 0.05) is 15.8 Å². The summed E-state index contributed by atoms with van der Waals surface area (Å²) < 4.78 is 12.5. The molecule has 2 aromatic rings. The molecule has 106 valence electrons. The zero-order valence-corrected chi connectivity index (χ0v) is 13.6. The van der Waals surface area contributed by atoms with Crippen LogP contribution < -0.4 is 14.8 Å². The summed E-state index contributed by atoms with van der Waals surface area (Å²) in [6, 6.07) is 8.45. The van der Waals surface area contributed by atoms with Gasteiger partial charge < -0.3 is 14.8 Å². The van der Waals surface area contributed by atoms with E-state index < -0.39 is 0 Å². The monoisotopic (exact) mass is 353 g/mol. The lowest BCUT2D eigenvalue weighted by Crippen LogP contribution is -2.17. The van der Waals surface area contributed by atoms with Crippen molar-refractivity contribution in [1.29, 1.82) is 0 Å². The molecule has 1 unspecified atom stereocenters. The van der Waals surface area contributed by atoms with E-state index in [2.05, 4.69) is 44.8 Å². The fourth-order valence-corrected chi connectivity index (χ4v) is 3.73. The smallest absolute Gasteiger partial charge is 0.162 e. The second-order valence-corrected chi connectivity index (χ2v) is 6.44. The van der Waals surface area contributed by atoms with Gasteiger partial charge in [-0.15, -0.1) is 11.3 Å². The third-order valence-corrected chi connectivity index (χ3v) is 4.92. The SMILES string of the molecule is CNC(c1cccs1)c1cc2c(cc1Br)OCCCO2. The summed E-state index contributed by atoms with van der Waals surface area (Å²) >= 11 is 5.40. The highest BCUT2D eigenvalue weighted by Crippen LogP contribution is 2.39. The summed E-state index contributed by atoms with van der Waals surface area (Å²) in [5, 5.41) is 5.46. The van der Waals surface area contributed by atoms with Crippen LogP contribution in [0.1, 0.15) is 22.9 Å². The Morgan fingerprint density at radius 3 is 2.65 bits per heavy atom. The maximum Gasteiger partial charge on any atom is 0.162 e. The summed E-state index contributed by atoms with van der Waals surface area (Å²) in [5.74, 6) is 1.65. The van der Waals surface area contributed by atoms with Gasteiger partial charge in [-0.1, -0.05) is 22.0 Å². The van der Waals surface area contributed by atoms with E-state index in [0.717, 1.165) is 22.4 Å². The van der Waals surface area contributed by atoms with Crippen molar-refractivity contribution >= 4 is 27.3 Å². The van der Waals surface area contributed by atoms with Crippen LogP contribution in [0.15, 0.2) is 34.1 Å². The van der Waals surface area contributed by atoms with Crippen molar-refractivity contribution in [2.75, 3.05) is 20.3 Å². The van der Waals surface area contributed by atoms with E-state index in [4.69, 9.17) is 9.47 Å². The summed E-state index contributed by atoms with van der Waals surface area (Å²) in [6.07, 6.45) is 0.919. The maximum absolute atomic E-state index is 5.79. The van der Waals surface area contributed by atoms with Crippen molar-refractivity contribution < 1.29 is 9.47 Å². The van der Waals surface area contributed by atoms with Gasteiger partial charge in [0.2, 0.25) is 0 Å². The van der Waals surface area contributed by atoms with E-state index >= 15 is 0 Å². The summed E-state index contributed by atoms with van der Waals surface area (Å²) in [7, 11) is 1.97. The molecule has 2 heterocycles. The molecular formula is C15H16BrNO2S. The van der Waals surface area contributed by atoms with Gasteiger partial charge in [0.05, 0.1) is 19.3 Å². The van der Waals surface area contributed by atoms with Crippen molar-refractivity contribution in [3.05, 3.63) is 44.6 Å². The Balaban J connectivity index is 2.02. The fourth-order valence-electron chi connectivity index (χ4n) is 2.33. The second kappa shape index (κ2) is 6.16. The van der Waals surface area contributed by atoms with Gasteiger partial charge in [-0.25, -0.2) is 0 Å². The number of ether oxygens (including phenoxy) is 2. The van der Waals surface area contributed by atoms with Crippen LogP contribution in [0, 0.1) is 0 Å². The molecule has 20 heavy (non-hydrogen) atoms. The number of halogens is 1. The normalized spacial score (nSPS) is 15.7. The molecule has 3 nitrogen and oxygen atoms in total. The maximum atomic E-state index is 5.79. The Bertz CT molecular complexity index is 586. The Hall–Kier alpha value is -1.04. The highest BCUT2D eigenvalue weighted by Gasteiger charge is 2.20. The van der Waals surface area contributed by atoms with Crippen molar-refractivity contribution in [3.8, 4) is 11.5 Å². The fraction of sp³-hybridized carbons (Fsp3) is 0.333. The highest BCUT2D eigenvalue weighted by atomic mass is 79.9. The largest absolute Gasteiger partial charge is 0.490 e. The minimum atomic E-state index is 0.154. The second-order valence-electron chi connectivity index (χ2n) is 4.61. The molecule has 0 fully saturated rings. The first-order valence-corrected chi connectivity index (χ1v) is 8.26. The van der Waals surface area contributed by atoms with Crippen molar-refractivity contribution in [2.24, 2.45) is 0 Å². The minimum Gasteiger partial charge on any atom is -0.490 e. The van der Waals surface area contributed by atoms with Gasteiger partial charge in [0.25, 0.3) is 0 Å². The molecule has 1 aromatic heterocycles. The van der Waals surface area contributed by atoms with Crippen LogP contribution in [0.25, 0.3) is 0 Å². The average molecular weight is 354 g/mol. The third kappa shape index (κ3) is 2.71. The molecule has 0 saturated carbocycles. The summed E-state index contributed by atoms with van der Waals surface area (Å²) in [6.45, 7) is 1.41. The number of hydrogen-bond acceptors (Lipinski definition) is 4. The molecule has 3 rings (SSSR count). The Morgan fingerprint density at radius 2 is 2.00 bits per heavy atom. The number of benzene rings is 1. The molecule has 0 radical (unpaired) electrons. The van der Waals surface area contributed by atoms with Crippen molar-refractivity contribution in [2.45, 2.75) is 12.5 Å². The van der Waals surface area contributed by atoms with Crippen LogP contribution in [-0.2, 0) is 0 Å². The molecule has 1 aromatic carbocycles. The molecule has 1 atom stereocenters. The van der Waals surface area contributed by atoms with Crippen LogP contribution >= 0.6 is 27.3 Å². The molecule has 0 spiro atoms. The van der Waals surface area contributed by atoms with E-state index in [-0.39, 0.29) is 6.04 Å². The van der Waals surface area contributed by atoms with Crippen LogP contribution in [-0.4, -0.2) is 20.3 Å². The molecule has 0 bridgehead atoms. The van der Waals surface area contributed by atoms with Crippen LogP contribution in [0.5, 0.6) is 11.5 Å². The lowest BCUT2D eigenvalue weighted by molar-refractivity contribution is 0.297. The molecule has 0 aliphatic carbocycles. The molecule has 1 aliphatic rings. The van der Waals surface area contributed by atoms with Gasteiger partial charge in [-0.3, -0.25) is 0 Å². The van der Waals surface area contributed by atoms with Crippen LogP contribution in [0.4, 0.5) is 0 Å². The Kier molecular flexibility index (Phi) is 4.29. The van der Waals surface area contributed by atoms with Gasteiger partial charge in [0.1, 0.15) is 0 Å². The van der Waals surface area contributed by atoms with Gasteiger partial charge in [0.15, 0.2) is 11.5 Å². The summed E-state index contributed by atoms with van der Waals surface area (Å²) in [5.41, 5.74) is 1.17. The predicted molar refractivity (Wildman–Crippen MR) is 85.0 cm³/mol. The zero-order chi connectivity index (χ0) is 13.9. The number of fused-ring (bicyclic) bond motifs is 1. The van der Waals surface area contributed by atoms with Crippen LogP contribution in [0.3, 0.4) is 0 Å². The van der Waals surface area contributed by atoms with Gasteiger partial charge in [-0.05, 0) is 36.2 Å². The number of rotatable bonds is 3. The summed E-state index contributed by atoms with van der Waals surface area (Å²) in [4.78, 5) is 1.28. The first kappa shape index (κ1) is 13.9. The first-order chi connectivity index (χ1) is 9.79. The molecule has 5 heteroatoms. The standard InChI is InChI=1S/C15H16BrNO2S/c1-17-15(14-4-2-7-20-14)10-8-12-13(9-11(10)16)19-6-3-5-18-12/h2,4,7-9,15,17H,3,5-6H2,1H3. The Morgan fingerprint density at radius 1 is 1.25 bits per heavy atom. The lowest BCUT2D eigenvalue weighted by atomic mass is 10.0. The van der Waals surface area contributed by atoms with E-state index in [1.54, 1.807) is 11.3 Å². The number of thiophene rings is 1. The Labute approximate surface area is 131 Å². The van der Waals surface area contributed by atoms with Gasteiger partial charge in [-0.2, -0.15) is 0 Å². The average Bonchev–Trinajstić information content (AvgIpc) is 2.87. The zero-order valence-electron chi connectivity index (χ0n) is 11.2. The van der Waals surface area contributed by atoms with Crippen LogP contribution in [0.2, 0.25) is 0 Å². The quantitative estimate of drug-likeness (QED) is 0.905. The van der Waals surface area contributed by atoms with E-state index in [1.807, 2.05) is 13.1 Å². The third-order valence-electron chi connectivity index (χ3n) is 3.29. The molecule has 1 N–H and O–H groups in total. The lowest BCUT2D eigenvalue weighted by Gasteiger charge is -2.19. The molecule has 0 amide bonds. The van der Waals surface area contributed by atoms with Crippen molar-refractivity contribution in [1.82, 2.24) is 5.32 Å². The minimum absolute atomic E-state index is 0.154. The molecular weight excluding hydrogens is 338 g/mol. The topological polar surface area (TPSA) is 30.5 Å². The predicted octanol–water partition coefficient (Wildman–Crippen LogP) is 3.98.